The molecule has 6 rings (SSSR count). The molecule has 5 aliphatic carbocycles. The lowest BCUT2D eigenvalue weighted by molar-refractivity contribution is -0.204. The highest BCUT2D eigenvalue weighted by Gasteiger charge is 2.63. The Balaban J connectivity index is 1.49. The molecule has 0 heterocycles. The summed E-state index contributed by atoms with van der Waals surface area (Å²) in [5.74, 6) is -1.32. The molecule has 0 amide bonds. The van der Waals surface area contributed by atoms with Gasteiger partial charge in [0.15, 0.2) is 10.5 Å². The number of carbonyl (C=O) groups is 2. The molecule has 30 heavy (non-hydrogen) atoms. The Kier molecular flexibility index (Phi) is 4.38. The van der Waals surface area contributed by atoms with E-state index in [0.29, 0.717) is 11.8 Å². The number of rotatable bonds is 3. The summed E-state index contributed by atoms with van der Waals surface area (Å²) in [5, 5.41) is 0. The van der Waals surface area contributed by atoms with Gasteiger partial charge in [-0.1, -0.05) is 0 Å². The van der Waals surface area contributed by atoms with Crippen LogP contribution in [-0.2, 0) is 16.0 Å². The number of ketones is 1. The molecule has 4 saturated carbocycles. The SMILES string of the molecule is CC1(OC(=O)C2(SC(F)(F)F)Cc3cc(F)ccc3C2=O)C2CC3CC(C2)CC1C3. The van der Waals surface area contributed by atoms with E-state index in [4.69, 9.17) is 4.74 Å². The van der Waals surface area contributed by atoms with Gasteiger partial charge in [0.05, 0.1) is 0 Å². The first-order valence-corrected chi connectivity index (χ1v) is 11.2. The first-order chi connectivity index (χ1) is 14.0. The molecule has 0 aromatic heterocycles. The molecule has 162 valence electrons. The van der Waals surface area contributed by atoms with Crippen LogP contribution in [-0.4, -0.2) is 27.6 Å². The molecule has 0 N–H and O–H groups in total. The molecular weight excluding hydrogens is 420 g/mol. The van der Waals surface area contributed by atoms with Crippen molar-refractivity contribution in [1.82, 2.24) is 0 Å². The molecule has 3 nitrogen and oxygen atoms in total. The van der Waals surface area contributed by atoms with Crippen molar-refractivity contribution in [2.75, 3.05) is 0 Å². The van der Waals surface area contributed by atoms with Gasteiger partial charge in [-0.2, -0.15) is 13.2 Å². The Hall–Kier alpha value is -1.57. The lowest BCUT2D eigenvalue weighted by Crippen LogP contribution is -2.60. The number of thioether (sulfide) groups is 1. The molecule has 0 spiro atoms. The largest absolute Gasteiger partial charge is 0.457 e. The summed E-state index contributed by atoms with van der Waals surface area (Å²) in [4.78, 5) is 26.4. The number of halogens is 4. The minimum absolute atomic E-state index is 0.0414. The van der Waals surface area contributed by atoms with Gasteiger partial charge in [-0.05, 0) is 98.2 Å². The van der Waals surface area contributed by atoms with Crippen molar-refractivity contribution < 1.29 is 31.9 Å². The van der Waals surface area contributed by atoms with Crippen LogP contribution >= 0.6 is 11.8 Å². The first-order valence-electron chi connectivity index (χ1n) is 10.3. The molecule has 1 aromatic rings. The van der Waals surface area contributed by atoms with Crippen molar-refractivity contribution in [1.29, 1.82) is 0 Å². The van der Waals surface area contributed by atoms with Crippen molar-refractivity contribution in [2.45, 2.75) is 61.3 Å². The third kappa shape index (κ3) is 3.00. The van der Waals surface area contributed by atoms with Crippen LogP contribution in [0.5, 0.6) is 0 Å². The van der Waals surface area contributed by atoms with Crippen LogP contribution in [0.2, 0.25) is 0 Å². The highest BCUT2D eigenvalue weighted by molar-refractivity contribution is 8.03. The predicted octanol–water partition coefficient (Wildman–Crippen LogP) is 5.31. The number of esters is 1. The van der Waals surface area contributed by atoms with Crippen LogP contribution in [0.1, 0.15) is 54.9 Å². The Labute approximate surface area is 175 Å². The molecule has 4 bridgehead atoms. The fourth-order valence-corrected chi connectivity index (χ4v) is 7.50. The quantitative estimate of drug-likeness (QED) is 0.361. The van der Waals surface area contributed by atoms with Crippen LogP contribution < -0.4 is 0 Å². The number of benzene rings is 1. The second-order valence-corrected chi connectivity index (χ2v) is 10.9. The van der Waals surface area contributed by atoms with Crippen molar-refractivity contribution >= 4 is 23.5 Å². The standard InChI is InChI=1S/C22H22F4O3S/c1-20(14-5-11-4-12(7-14)8-15(20)6-11)29-19(28)21(30-22(24,25)26)10-13-9-16(23)2-3-17(13)18(21)27/h2-3,9,11-12,14-15H,4-8,10H2,1H3. The van der Waals surface area contributed by atoms with Gasteiger partial charge in [0.2, 0.25) is 0 Å². The molecule has 1 aromatic carbocycles. The summed E-state index contributed by atoms with van der Waals surface area (Å²) in [6, 6.07) is 3.21. The van der Waals surface area contributed by atoms with Crippen LogP contribution in [0.3, 0.4) is 0 Å². The first kappa shape index (κ1) is 20.3. The number of hydrogen-bond donors (Lipinski definition) is 0. The number of hydrogen-bond acceptors (Lipinski definition) is 4. The summed E-state index contributed by atoms with van der Waals surface area (Å²) in [6.07, 6.45) is 4.32. The van der Waals surface area contributed by atoms with E-state index in [1.165, 1.54) is 6.42 Å². The maximum absolute atomic E-state index is 13.7. The molecule has 1 atom stereocenters. The maximum atomic E-state index is 13.7. The van der Waals surface area contributed by atoms with E-state index in [1.54, 1.807) is 0 Å². The highest BCUT2D eigenvalue weighted by Crippen LogP contribution is 2.60. The minimum atomic E-state index is -4.82. The van der Waals surface area contributed by atoms with Gasteiger partial charge < -0.3 is 4.74 Å². The van der Waals surface area contributed by atoms with E-state index >= 15 is 0 Å². The highest BCUT2D eigenvalue weighted by atomic mass is 32.2. The molecule has 0 radical (unpaired) electrons. The van der Waals surface area contributed by atoms with Gasteiger partial charge in [0.25, 0.3) is 0 Å². The fraction of sp³-hybridized carbons (Fsp3) is 0.636. The van der Waals surface area contributed by atoms with Crippen LogP contribution in [0.4, 0.5) is 17.6 Å². The van der Waals surface area contributed by atoms with Crippen LogP contribution in [0.15, 0.2) is 18.2 Å². The zero-order valence-corrected chi connectivity index (χ0v) is 17.2. The third-order valence-corrected chi connectivity index (χ3v) is 8.89. The molecule has 5 aliphatic rings. The van der Waals surface area contributed by atoms with Crippen molar-refractivity contribution in [2.24, 2.45) is 23.7 Å². The Morgan fingerprint density at radius 3 is 2.27 bits per heavy atom. The van der Waals surface area contributed by atoms with Gasteiger partial charge in [0, 0.05) is 12.0 Å². The van der Waals surface area contributed by atoms with Gasteiger partial charge in [0.1, 0.15) is 11.4 Å². The minimum Gasteiger partial charge on any atom is -0.457 e. The Morgan fingerprint density at radius 2 is 1.70 bits per heavy atom. The second kappa shape index (κ2) is 6.47. The second-order valence-electron chi connectivity index (χ2n) is 9.56. The van der Waals surface area contributed by atoms with E-state index in [-0.39, 0.29) is 23.0 Å². The molecule has 0 saturated heterocycles. The lowest BCUT2D eigenvalue weighted by Gasteiger charge is -2.59. The zero-order chi connectivity index (χ0) is 21.5. The van der Waals surface area contributed by atoms with E-state index in [1.807, 2.05) is 6.92 Å². The summed E-state index contributed by atoms with van der Waals surface area (Å²) in [7, 11) is 0. The van der Waals surface area contributed by atoms with E-state index in [9.17, 15) is 27.2 Å². The fourth-order valence-electron chi connectivity index (χ4n) is 6.55. The predicted molar refractivity (Wildman–Crippen MR) is 102 cm³/mol. The van der Waals surface area contributed by atoms with Crippen LogP contribution in [0, 0.1) is 29.5 Å². The summed E-state index contributed by atoms with van der Waals surface area (Å²) in [5.41, 5.74) is -5.60. The topological polar surface area (TPSA) is 43.4 Å². The number of Topliss-reactive ketones (excluding diaryl/α,β-unsaturated/α-hetero) is 1. The summed E-state index contributed by atoms with van der Waals surface area (Å²) in [6.45, 7) is 1.83. The third-order valence-electron chi connectivity index (χ3n) is 7.81. The maximum Gasteiger partial charge on any atom is 0.443 e. The summed E-state index contributed by atoms with van der Waals surface area (Å²) < 4.78 is 57.5. The van der Waals surface area contributed by atoms with E-state index in [0.717, 1.165) is 43.9 Å². The molecular formula is C22H22F4O3S. The zero-order valence-electron chi connectivity index (χ0n) is 16.4. The van der Waals surface area contributed by atoms with E-state index in [2.05, 4.69) is 0 Å². The number of ether oxygens (including phenoxy) is 1. The van der Waals surface area contributed by atoms with Crippen molar-refractivity contribution in [3.05, 3.63) is 35.1 Å². The van der Waals surface area contributed by atoms with Gasteiger partial charge >= 0.3 is 11.5 Å². The summed E-state index contributed by atoms with van der Waals surface area (Å²) >= 11 is -0.631. The van der Waals surface area contributed by atoms with Crippen LogP contribution in [0.25, 0.3) is 0 Å². The number of fused-ring (bicyclic) bond motifs is 1. The Morgan fingerprint density at radius 1 is 1.10 bits per heavy atom. The molecule has 4 fully saturated rings. The monoisotopic (exact) mass is 442 g/mol. The average Bonchev–Trinajstić information content (AvgIpc) is 2.90. The normalized spacial score (nSPS) is 39.3. The smallest absolute Gasteiger partial charge is 0.443 e. The molecule has 0 aliphatic heterocycles. The van der Waals surface area contributed by atoms with Gasteiger partial charge in [-0.15, -0.1) is 0 Å². The lowest BCUT2D eigenvalue weighted by atomic mass is 9.50. The molecule has 8 heteroatoms. The van der Waals surface area contributed by atoms with Crippen molar-refractivity contribution in [3.63, 3.8) is 0 Å². The molecule has 1 unspecified atom stereocenters. The van der Waals surface area contributed by atoms with Gasteiger partial charge in [-0.25, -0.2) is 4.39 Å². The van der Waals surface area contributed by atoms with E-state index < -0.39 is 51.6 Å². The van der Waals surface area contributed by atoms with Crippen molar-refractivity contribution in [3.8, 4) is 0 Å². The number of alkyl halides is 3. The average molecular weight is 442 g/mol. The Bertz CT molecular complexity index is 899. The number of carbonyl (C=O) groups excluding carboxylic acids is 2. The van der Waals surface area contributed by atoms with Gasteiger partial charge in [-0.3, -0.25) is 9.59 Å².